The summed E-state index contributed by atoms with van der Waals surface area (Å²) in [6, 6.07) is 4.35. The average molecular weight is 205 g/mol. The van der Waals surface area contributed by atoms with Gasteiger partial charge < -0.3 is 4.74 Å². The molecule has 1 aromatic rings. The SMILES string of the molecule is FC1(F)COCc2cc(Cl)ccc21. The van der Waals surface area contributed by atoms with Crippen molar-refractivity contribution in [3.63, 3.8) is 0 Å². The Balaban J connectivity index is 2.53. The molecule has 2 rings (SSSR count). The second-order valence-electron chi connectivity index (χ2n) is 3.00. The van der Waals surface area contributed by atoms with Crippen molar-refractivity contribution in [3.8, 4) is 0 Å². The molecule has 4 heteroatoms. The van der Waals surface area contributed by atoms with Gasteiger partial charge in [0.2, 0.25) is 0 Å². The molecule has 0 fully saturated rings. The van der Waals surface area contributed by atoms with Gasteiger partial charge in [0.25, 0.3) is 5.92 Å². The van der Waals surface area contributed by atoms with Crippen LogP contribution in [0.5, 0.6) is 0 Å². The molecule has 1 aliphatic rings. The Labute approximate surface area is 79.3 Å². The van der Waals surface area contributed by atoms with Crippen LogP contribution in [0.2, 0.25) is 5.02 Å². The molecule has 0 aromatic heterocycles. The van der Waals surface area contributed by atoms with Crippen LogP contribution >= 0.6 is 11.6 Å². The van der Waals surface area contributed by atoms with Gasteiger partial charge >= 0.3 is 0 Å². The Morgan fingerprint density at radius 3 is 2.92 bits per heavy atom. The van der Waals surface area contributed by atoms with Crippen LogP contribution in [0.15, 0.2) is 18.2 Å². The van der Waals surface area contributed by atoms with Crippen molar-refractivity contribution in [3.05, 3.63) is 34.3 Å². The van der Waals surface area contributed by atoms with Crippen molar-refractivity contribution in [2.75, 3.05) is 6.61 Å². The van der Waals surface area contributed by atoms with Crippen molar-refractivity contribution in [1.29, 1.82) is 0 Å². The summed E-state index contributed by atoms with van der Waals surface area (Å²) in [6.45, 7) is -0.326. The molecule has 1 aromatic carbocycles. The molecular weight excluding hydrogens is 198 g/mol. The largest absolute Gasteiger partial charge is 0.370 e. The van der Waals surface area contributed by atoms with E-state index in [0.29, 0.717) is 10.6 Å². The zero-order valence-electron chi connectivity index (χ0n) is 6.69. The summed E-state index contributed by atoms with van der Waals surface area (Å²) in [5.41, 5.74) is 0.506. The van der Waals surface area contributed by atoms with E-state index in [9.17, 15) is 8.78 Å². The standard InChI is InChI=1S/C9H7ClF2O/c10-7-1-2-8-6(3-7)4-13-5-9(8,11)12/h1-3H,4-5H2. The second-order valence-corrected chi connectivity index (χ2v) is 3.44. The maximum atomic E-state index is 13.2. The van der Waals surface area contributed by atoms with Crippen molar-refractivity contribution >= 4 is 11.6 Å². The van der Waals surface area contributed by atoms with Gasteiger partial charge in [-0.15, -0.1) is 0 Å². The lowest BCUT2D eigenvalue weighted by Crippen LogP contribution is -2.27. The molecule has 1 heterocycles. The van der Waals surface area contributed by atoms with E-state index < -0.39 is 12.5 Å². The second kappa shape index (κ2) is 2.93. The Kier molecular flexibility index (Phi) is 2.00. The van der Waals surface area contributed by atoms with E-state index in [1.807, 2.05) is 0 Å². The first-order chi connectivity index (χ1) is 6.09. The minimum atomic E-state index is -2.88. The summed E-state index contributed by atoms with van der Waals surface area (Å²) in [6.07, 6.45) is 0. The molecule has 0 unspecified atom stereocenters. The van der Waals surface area contributed by atoms with Crippen molar-refractivity contribution < 1.29 is 13.5 Å². The van der Waals surface area contributed by atoms with Crippen molar-refractivity contribution in [1.82, 2.24) is 0 Å². The third-order valence-electron chi connectivity index (χ3n) is 2.00. The normalized spacial score (nSPS) is 19.6. The van der Waals surface area contributed by atoms with Gasteiger partial charge in [0.1, 0.15) is 6.61 Å². The first-order valence-electron chi connectivity index (χ1n) is 3.84. The highest BCUT2D eigenvalue weighted by atomic mass is 35.5. The summed E-state index contributed by atoms with van der Waals surface area (Å²) in [5.74, 6) is -2.88. The molecule has 0 bridgehead atoms. The maximum Gasteiger partial charge on any atom is 0.296 e. The lowest BCUT2D eigenvalue weighted by atomic mass is 10.0. The van der Waals surface area contributed by atoms with Crippen LogP contribution in [0, 0.1) is 0 Å². The van der Waals surface area contributed by atoms with Crippen molar-refractivity contribution in [2.45, 2.75) is 12.5 Å². The number of ether oxygens (including phenoxy) is 1. The number of hydrogen-bond donors (Lipinski definition) is 0. The molecular formula is C9H7ClF2O. The van der Waals surface area contributed by atoms with Gasteiger partial charge in [-0.3, -0.25) is 0 Å². The summed E-state index contributed by atoms with van der Waals surface area (Å²) < 4.78 is 31.1. The van der Waals surface area contributed by atoms with Gasteiger partial charge in [0.05, 0.1) is 6.61 Å². The van der Waals surface area contributed by atoms with Gasteiger partial charge in [0, 0.05) is 10.6 Å². The number of fused-ring (bicyclic) bond motifs is 1. The monoisotopic (exact) mass is 204 g/mol. The maximum absolute atomic E-state index is 13.2. The molecule has 70 valence electrons. The summed E-state index contributed by atoms with van der Waals surface area (Å²) in [4.78, 5) is 0. The summed E-state index contributed by atoms with van der Waals surface area (Å²) >= 11 is 5.67. The Bertz CT molecular complexity index is 338. The molecule has 0 spiro atoms. The topological polar surface area (TPSA) is 9.23 Å². The van der Waals surface area contributed by atoms with Crippen LogP contribution in [0.4, 0.5) is 8.78 Å². The number of hydrogen-bond acceptors (Lipinski definition) is 1. The van der Waals surface area contributed by atoms with Crippen LogP contribution in [-0.4, -0.2) is 6.61 Å². The summed E-state index contributed by atoms with van der Waals surface area (Å²) in [7, 11) is 0. The predicted molar refractivity (Wildman–Crippen MR) is 45.0 cm³/mol. The lowest BCUT2D eigenvalue weighted by molar-refractivity contribution is -0.103. The minimum absolute atomic E-state index is 0.0307. The van der Waals surface area contributed by atoms with Crippen LogP contribution in [0.1, 0.15) is 11.1 Å². The summed E-state index contributed by atoms with van der Waals surface area (Å²) in [5, 5.41) is 0.458. The van der Waals surface area contributed by atoms with Gasteiger partial charge in [-0.1, -0.05) is 17.7 Å². The Morgan fingerprint density at radius 2 is 2.15 bits per heavy atom. The minimum Gasteiger partial charge on any atom is -0.370 e. The van der Waals surface area contributed by atoms with Gasteiger partial charge in [-0.05, 0) is 17.7 Å². The fourth-order valence-electron chi connectivity index (χ4n) is 1.41. The number of benzene rings is 1. The average Bonchev–Trinajstić information content (AvgIpc) is 2.02. The molecule has 0 radical (unpaired) electrons. The fourth-order valence-corrected chi connectivity index (χ4v) is 1.60. The third kappa shape index (κ3) is 1.54. The fraction of sp³-hybridized carbons (Fsp3) is 0.333. The van der Waals surface area contributed by atoms with E-state index >= 15 is 0 Å². The Morgan fingerprint density at radius 1 is 1.38 bits per heavy atom. The molecule has 0 saturated heterocycles. The van der Waals surface area contributed by atoms with Crippen LogP contribution in [-0.2, 0) is 17.3 Å². The number of halogens is 3. The molecule has 1 aliphatic heterocycles. The molecule has 1 nitrogen and oxygen atoms in total. The molecule has 0 saturated carbocycles. The molecule has 0 atom stereocenters. The number of rotatable bonds is 0. The first kappa shape index (κ1) is 8.91. The molecule has 0 N–H and O–H groups in total. The zero-order chi connectivity index (χ0) is 9.47. The van der Waals surface area contributed by atoms with Crippen LogP contribution in [0.3, 0.4) is 0 Å². The van der Waals surface area contributed by atoms with Crippen LogP contribution in [0.25, 0.3) is 0 Å². The zero-order valence-corrected chi connectivity index (χ0v) is 7.44. The van der Waals surface area contributed by atoms with Crippen molar-refractivity contribution in [2.24, 2.45) is 0 Å². The quantitative estimate of drug-likeness (QED) is 0.631. The smallest absolute Gasteiger partial charge is 0.296 e. The van der Waals surface area contributed by atoms with Gasteiger partial charge in [-0.2, -0.15) is 8.78 Å². The molecule has 0 aliphatic carbocycles. The molecule has 0 amide bonds. The van der Waals surface area contributed by atoms with Crippen LogP contribution < -0.4 is 0 Å². The Hall–Kier alpha value is -0.670. The highest BCUT2D eigenvalue weighted by Crippen LogP contribution is 2.36. The van der Waals surface area contributed by atoms with E-state index in [0.717, 1.165) is 0 Å². The van der Waals surface area contributed by atoms with E-state index in [4.69, 9.17) is 16.3 Å². The van der Waals surface area contributed by atoms with E-state index in [-0.39, 0.29) is 12.2 Å². The first-order valence-corrected chi connectivity index (χ1v) is 4.22. The third-order valence-corrected chi connectivity index (χ3v) is 2.24. The number of alkyl halides is 2. The van der Waals surface area contributed by atoms with Gasteiger partial charge in [-0.25, -0.2) is 0 Å². The highest BCUT2D eigenvalue weighted by Gasteiger charge is 2.37. The molecule has 13 heavy (non-hydrogen) atoms. The highest BCUT2D eigenvalue weighted by molar-refractivity contribution is 6.30. The van der Waals surface area contributed by atoms with E-state index in [1.54, 1.807) is 0 Å². The lowest BCUT2D eigenvalue weighted by Gasteiger charge is -2.25. The van der Waals surface area contributed by atoms with Gasteiger partial charge in [0.15, 0.2) is 0 Å². The van der Waals surface area contributed by atoms with E-state index in [2.05, 4.69) is 0 Å². The predicted octanol–water partition coefficient (Wildman–Crippen LogP) is 2.96. The van der Waals surface area contributed by atoms with E-state index in [1.165, 1.54) is 18.2 Å².